The van der Waals surface area contributed by atoms with Gasteiger partial charge in [0.05, 0.1) is 6.10 Å². The van der Waals surface area contributed by atoms with E-state index < -0.39 is 0 Å². The topological polar surface area (TPSA) is 77.9 Å². The van der Waals surface area contributed by atoms with Crippen LogP contribution >= 0.6 is 12.2 Å². The second-order valence-corrected chi connectivity index (χ2v) is 8.69. The van der Waals surface area contributed by atoms with Crippen LogP contribution in [0.2, 0.25) is 0 Å². The maximum atomic E-state index is 13.3. The molecule has 0 bridgehead atoms. The molecule has 2 fully saturated rings. The molecule has 4 rings (SSSR count). The Bertz CT molecular complexity index is 967. The van der Waals surface area contributed by atoms with E-state index >= 15 is 0 Å². The Balaban J connectivity index is 1.45. The number of hydrogen-bond donors (Lipinski definition) is 2. The molecule has 0 radical (unpaired) electrons. The zero-order valence-electron chi connectivity index (χ0n) is 19.1. The van der Waals surface area contributed by atoms with Crippen molar-refractivity contribution in [3.05, 3.63) is 47.5 Å². The Labute approximate surface area is 199 Å². The molecule has 1 aromatic carbocycles. The zero-order chi connectivity index (χ0) is 23.2. The predicted molar refractivity (Wildman–Crippen MR) is 132 cm³/mol. The molecule has 2 aromatic rings. The molecular formula is C23H30FN7OS. The molecule has 10 heteroatoms. The largest absolute Gasteiger partial charge is 0.376 e. The molecule has 0 aliphatic carbocycles. The molecule has 2 aliphatic heterocycles. The summed E-state index contributed by atoms with van der Waals surface area (Å²) in [6.45, 7) is 8.32. The van der Waals surface area contributed by atoms with Crippen LogP contribution < -0.4 is 15.5 Å². The van der Waals surface area contributed by atoms with Crippen LogP contribution in [0.4, 0.5) is 16.0 Å². The lowest BCUT2D eigenvalue weighted by molar-refractivity contribution is 0.114. The summed E-state index contributed by atoms with van der Waals surface area (Å²) in [5, 5.41) is 6.89. The Morgan fingerprint density at radius 3 is 2.48 bits per heavy atom. The van der Waals surface area contributed by atoms with Gasteiger partial charge in [0.2, 0.25) is 11.9 Å². The highest BCUT2D eigenvalue weighted by Crippen LogP contribution is 2.17. The van der Waals surface area contributed by atoms with Gasteiger partial charge in [0, 0.05) is 56.4 Å². The van der Waals surface area contributed by atoms with Crippen molar-refractivity contribution >= 4 is 34.9 Å². The fourth-order valence-corrected chi connectivity index (χ4v) is 4.20. The summed E-state index contributed by atoms with van der Waals surface area (Å²) < 4.78 is 18.9. The Kier molecular flexibility index (Phi) is 7.66. The van der Waals surface area contributed by atoms with Crippen molar-refractivity contribution in [2.45, 2.75) is 32.8 Å². The molecule has 8 nitrogen and oxygen atoms in total. The van der Waals surface area contributed by atoms with Gasteiger partial charge in [-0.1, -0.05) is 0 Å². The number of piperazine rings is 1. The molecule has 33 heavy (non-hydrogen) atoms. The van der Waals surface area contributed by atoms with Gasteiger partial charge in [-0.15, -0.1) is 0 Å². The summed E-state index contributed by atoms with van der Waals surface area (Å²) in [5.41, 5.74) is 2.77. The van der Waals surface area contributed by atoms with Crippen LogP contribution in [0.5, 0.6) is 0 Å². The fourth-order valence-electron chi connectivity index (χ4n) is 4.03. The van der Waals surface area contributed by atoms with Gasteiger partial charge in [0.1, 0.15) is 5.82 Å². The molecule has 2 saturated heterocycles. The van der Waals surface area contributed by atoms with Crippen LogP contribution in [0.25, 0.3) is 0 Å². The molecular weight excluding hydrogens is 441 g/mol. The molecule has 0 saturated carbocycles. The van der Waals surface area contributed by atoms with Gasteiger partial charge in [0.25, 0.3) is 0 Å². The fraction of sp³-hybridized carbons (Fsp3) is 0.478. The summed E-state index contributed by atoms with van der Waals surface area (Å²) in [7, 11) is 0. The molecule has 1 atom stereocenters. The minimum Gasteiger partial charge on any atom is -0.376 e. The van der Waals surface area contributed by atoms with E-state index in [-0.39, 0.29) is 11.9 Å². The van der Waals surface area contributed by atoms with Crippen molar-refractivity contribution < 1.29 is 9.13 Å². The average Bonchev–Trinajstić information content (AvgIpc) is 3.31. The lowest BCUT2D eigenvalue weighted by Gasteiger charge is -2.37. The van der Waals surface area contributed by atoms with Crippen LogP contribution in [0, 0.1) is 19.7 Å². The maximum absolute atomic E-state index is 13.3. The second kappa shape index (κ2) is 10.8. The van der Waals surface area contributed by atoms with Crippen LogP contribution in [-0.4, -0.2) is 71.4 Å². The minimum absolute atomic E-state index is 0.177. The third-order valence-corrected chi connectivity index (χ3v) is 5.92. The molecule has 176 valence electrons. The Hall–Kier alpha value is -2.85. The van der Waals surface area contributed by atoms with Crippen molar-refractivity contribution in [3.8, 4) is 0 Å². The first kappa shape index (κ1) is 23.3. The van der Waals surface area contributed by atoms with Crippen molar-refractivity contribution in [2.75, 3.05) is 49.5 Å². The van der Waals surface area contributed by atoms with Crippen LogP contribution in [0.1, 0.15) is 24.2 Å². The van der Waals surface area contributed by atoms with Crippen molar-refractivity contribution in [3.63, 3.8) is 0 Å². The van der Waals surface area contributed by atoms with Gasteiger partial charge < -0.3 is 19.9 Å². The number of halogens is 1. The van der Waals surface area contributed by atoms with E-state index in [1.807, 2.05) is 32.0 Å². The zero-order valence-corrected chi connectivity index (χ0v) is 19.9. The quantitative estimate of drug-likeness (QED) is 0.401. The molecule has 1 unspecified atom stereocenters. The third kappa shape index (κ3) is 6.58. The number of nitrogens with zero attached hydrogens (tertiary/aromatic N) is 5. The van der Waals surface area contributed by atoms with Crippen LogP contribution in [-0.2, 0) is 4.74 Å². The van der Waals surface area contributed by atoms with Gasteiger partial charge in [0.15, 0.2) is 5.11 Å². The van der Waals surface area contributed by atoms with E-state index in [0.717, 1.165) is 62.7 Å². The number of hydrogen-bond acceptors (Lipinski definition) is 5. The highest BCUT2D eigenvalue weighted by molar-refractivity contribution is 7.80. The molecule has 1 aromatic heterocycles. The monoisotopic (exact) mass is 471 g/mol. The van der Waals surface area contributed by atoms with E-state index in [4.69, 9.17) is 17.0 Å². The summed E-state index contributed by atoms with van der Waals surface area (Å²) >= 11 is 5.51. The first-order chi connectivity index (χ1) is 16.0. The number of guanidine groups is 1. The van der Waals surface area contributed by atoms with Gasteiger partial charge in [-0.3, -0.25) is 5.32 Å². The predicted octanol–water partition coefficient (Wildman–Crippen LogP) is 2.88. The number of aromatic nitrogens is 2. The van der Waals surface area contributed by atoms with Crippen molar-refractivity contribution in [2.24, 2.45) is 4.99 Å². The van der Waals surface area contributed by atoms with E-state index in [2.05, 4.69) is 35.4 Å². The maximum Gasteiger partial charge on any atom is 0.229 e. The summed E-state index contributed by atoms with van der Waals surface area (Å²) in [6.07, 6.45) is 2.29. The SMILES string of the molecule is Cc1cc(C)nc(N/C(=N/C(=S)NCC2CCCO2)N2CCN(c3ccc(F)cc3)CC2)n1. The smallest absolute Gasteiger partial charge is 0.229 e. The van der Waals surface area contributed by atoms with Crippen molar-refractivity contribution in [1.82, 2.24) is 20.2 Å². The molecule has 2 aliphatic rings. The number of nitrogens with one attached hydrogen (secondary N) is 2. The van der Waals surface area contributed by atoms with E-state index in [1.165, 1.54) is 12.1 Å². The highest BCUT2D eigenvalue weighted by atomic mass is 32.1. The van der Waals surface area contributed by atoms with Crippen LogP contribution in [0.3, 0.4) is 0 Å². The summed E-state index contributed by atoms with van der Waals surface area (Å²) in [4.78, 5) is 18.0. The Morgan fingerprint density at radius 2 is 1.85 bits per heavy atom. The third-order valence-electron chi connectivity index (χ3n) is 5.69. The first-order valence-electron chi connectivity index (χ1n) is 11.3. The second-order valence-electron chi connectivity index (χ2n) is 8.31. The summed E-state index contributed by atoms with van der Waals surface area (Å²) in [5.74, 6) is 0.881. The normalized spacial score (nSPS) is 19.0. The minimum atomic E-state index is -0.228. The number of benzene rings is 1. The van der Waals surface area contributed by atoms with E-state index in [0.29, 0.717) is 23.6 Å². The molecule has 0 amide bonds. The lowest BCUT2D eigenvalue weighted by atomic mass is 10.2. The van der Waals surface area contributed by atoms with E-state index in [9.17, 15) is 4.39 Å². The average molecular weight is 472 g/mol. The lowest BCUT2D eigenvalue weighted by Crippen LogP contribution is -2.51. The number of anilines is 2. The number of aliphatic imine (C=N–C) groups is 1. The van der Waals surface area contributed by atoms with Gasteiger partial charge in [-0.25, -0.2) is 14.4 Å². The highest BCUT2D eigenvalue weighted by Gasteiger charge is 2.22. The van der Waals surface area contributed by atoms with Gasteiger partial charge >= 0.3 is 0 Å². The number of ether oxygens (including phenoxy) is 1. The van der Waals surface area contributed by atoms with Crippen molar-refractivity contribution in [1.29, 1.82) is 0 Å². The molecule has 2 N–H and O–H groups in total. The number of aryl methyl sites for hydroxylation is 2. The van der Waals surface area contributed by atoms with Gasteiger partial charge in [-0.05, 0) is 69.2 Å². The molecule has 0 spiro atoms. The Morgan fingerprint density at radius 1 is 1.15 bits per heavy atom. The van der Waals surface area contributed by atoms with Gasteiger partial charge in [-0.2, -0.15) is 4.99 Å². The first-order valence-corrected chi connectivity index (χ1v) is 11.7. The summed E-state index contributed by atoms with van der Waals surface area (Å²) in [6, 6.07) is 8.53. The number of rotatable bonds is 4. The van der Waals surface area contributed by atoms with Crippen LogP contribution in [0.15, 0.2) is 35.3 Å². The standard InChI is InChI=1S/C23H30FN7OS/c1-16-14-17(2)27-21(26-16)28-22(29-23(33)25-15-20-4-3-13-32-20)31-11-9-30(10-12-31)19-7-5-18(24)6-8-19/h5-8,14,20H,3-4,9-13,15H2,1-2H3,(H2,25,26,27,28,29,33). The van der Waals surface area contributed by atoms with E-state index in [1.54, 1.807) is 0 Å². The number of thiocarbonyl (C=S) groups is 1. The molecule has 3 heterocycles.